The zero-order chi connectivity index (χ0) is 11.0. The Kier molecular flexibility index (Phi) is 5.25. The van der Waals surface area contributed by atoms with Crippen LogP contribution in [0.3, 0.4) is 0 Å². The van der Waals surface area contributed by atoms with Gasteiger partial charge in [0.15, 0.2) is 0 Å². The molecular weight excluding hydrogens is 232 g/mol. The Balaban J connectivity index is 0.00000196. The third kappa shape index (κ3) is 4.81. The molecule has 1 saturated heterocycles. The first-order valence-corrected chi connectivity index (χ1v) is 6.42. The molecule has 3 nitrogen and oxygen atoms in total. The van der Waals surface area contributed by atoms with E-state index in [2.05, 4.69) is 18.7 Å². The van der Waals surface area contributed by atoms with E-state index in [-0.39, 0.29) is 22.7 Å². The topological polar surface area (TPSA) is 46.3 Å². The quantitative estimate of drug-likeness (QED) is 0.800. The smallest absolute Gasteiger partial charge is 0.0530 e. The van der Waals surface area contributed by atoms with Crippen LogP contribution in [0.5, 0.6) is 0 Å². The second-order valence-corrected chi connectivity index (χ2v) is 7.71. The van der Waals surface area contributed by atoms with Crippen LogP contribution in [0.4, 0.5) is 0 Å². The lowest BCUT2D eigenvalue weighted by Gasteiger charge is -2.39. The standard InChI is InChI=1S/C10H22N2OS.ClH/c1-9(2,11)7-12-5-6-14(13)10(3,4)8-12;/h5-8,11H2,1-4H3;1H. The Morgan fingerprint density at radius 1 is 1.47 bits per heavy atom. The Morgan fingerprint density at radius 3 is 2.40 bits per heavy atom. The van der Waals surface area contributed by atoms with Crippen molar-refractivity contribution in [2.45, 2.75) is 38.0 Å². The number of halogens is 1. The molecule has 15 heavy (non-hydrogen) atoms. The lowest BCUT2D eigenvalue weighted by Crippen LogP contribution is -2.55. The summed E-state index contributed by atoms with van der Waals surface area (Å²) < 4.78 is 11.6. The van der Waals surface area contributed by atoms with Gasteiger partial charge in [-0.15, -0.1) is 12.4 Å². The second kappa shape index (κ2) is 5.13. The minimum atomic E-state index is -0.682. The van der Waals surface area contributed by atoms with E-state index in [4.69, 9.17) is 5.73 Å². The summed E-state index contributed by atoms with van der Waals surface area (Å²) in [6.45, 7) is 10.9. The van der Waals surface area contributed by atoms with Crippen molar-refractivity contribution in [1.82, 2.24) is 4.90 Å². The number of nitrogens with zero attached hydrogens (tertiary/aromatic N) is 1. The molecule has 1 heterocycles. The summed E-state index contributed by atoms with van der Waals surface area (Å²) in [5.74, 6) is 0.781. The summed E-state index contributed by atoms with van der Waals surface area (Å²) in [7, 11) is -0.682. The summed E-state index contributed by atoms with van der Waals surface area (Å²) >= 11 is 0. The van der Waals surface area contributed by atoms with Gasteiger partial charge in [0, 0.05) is 41.7 Å². The third-order valence-corrected chi connectivity index (χ3v) is 4.36. The predicted octanol–water partition coefficient (Wildman–Crippen LogP) is 0.988. The normalized spacial score (nSPS) is 27.1. The van der Waals surface area contributed by atoms with Gasteiger partial charge in [0.1, 0.15) is 0 Å². The molecule has 0 spiro atoms. The van der Waals surface area contributed by atoms with E-state index in [1.807, 2.05) is 13.8 Å². The van der Waals surface area contributed by atoms with E-state index < -0.39 is 10.8 Å². The predicted molar refractivity (Wildman–Crippen MR) is 69.0 cm³/mol. The largest absolute Gasteiger partial charge is 0.324 e. The van der Waals surface area contributed by atoms with Gasteiger partial charge in [-0.1, -0.05) is 0 Å². The fourth-order valence-electron chi connectivity index (χ4n) is 1.89. The van der Waals surface area contributed by atoms with Gasteiger partial charge in [-0.05, 0) is 27.7 Å². The Bertz CT molecular complexity index is 238. The van der Waals surface area contributed by atoms with Crippen molar-refractivity contribution in [3.8, 4) is 0 Å². The van der Waals surface area contributed by atoms with Crippen LogP contribution in [0.2, 0.25) is 0 Å². The maximum Gasteiger partial charge on any atom is 0.0530 e. The molecule has 5 heteroatoms. The van der Waals surface area contributed by atoms with E-state index in [1.165, 1.54) is 0 Å². The van der Waals surface area contributed by atoms with Gasteiger partial charge in [-0.3, -0.25) is 9.11 Å². The van der Waals surface area contributed by atoms with Crippen molar-refractivity contribution in [1.29, 1.82) is 0 Å². The minimum Gasteiger partial charge on any atom is -0.324 e. The summed E-state index contributed by atoms with van der Waals surface area (Å²) in [6.07, 6.45) is 0. The summed E-state index contributed by atoms with van der Waals surface area (Å²) in [6, 6.07) is 0. The zero-order valence-electron chi connectivity index (χ0n) is 10.1. The van der Waals surface area contributed by atoms with Crippen LogP contribution in [-0.2, 0) is 10.8 Å². The molecule has 0 aromatic heterocycles. The van der Waals surface area contributed by atoms with Crippen molar-refractivity contribution in [3.05, 3.63) is 0 Å². The molecule has 1 fully saturated rings. The average Bonchev–Trinajstić information content (AvgIpc) is 1.93. The first kappa shape index (κ1) is 15.4. The van der Waals surface area contributed by atoms with Crippen molar-refractivity contribution in [3.63, 3.8) is 0 Å². The maximum atomic E-state index is 11.7. The fraction of sp³-hybridized carbons (Fsp3) is 1.00. The monoisotopic (exact) mass is 254 g/mol. The van der Waals surface area contributed by atoms with Crippen LogP contribution in [0.1, 0.15) is 27.7 Å². The van der Waals surface area contributed by atoms with Crippen LogP contribution in [0, 0.1) is 0 Å². The molecular formula is C10H23ClN2OS. The Hall–Kier alpha value is 0.360. The Labute approximate surface area is 102 Å². The first-order chi connectivity index (χ1) is 6.21. The van der Waals surface area contributed by atoms with Gasteiger partial charge in [0.25, 0.3) is 0 Å². The molecule has 1 aliphatic rings. The molecule has 0 amide bonds. The summed E-state index contributed by atoms with van der Waals surface area (Å²) in [5, 5.41) is 0. The highest BCUT2D eigenvalue weighted by Crippen LogP contribution is 2.20. The molecule has 1 rings (SSSR count). The Morgan fingerprint density at radius 2 is 2.00 bits per heavy atom. The van der Waals surface area contributed by atoms with E-state index in [0.717, 1.165) is 25.4 Å². The van der Waals surface area contributed by atoms with Gasteiger partial charge < -0.3 is 5.73 Å². The second-order valence-electron chi connectivity index (χ2n) is 5.51. The van der Waals surface area contributed by atoms with Crippen LogP contribution in [-0.4, -0.2) is 44.8 Å². The van der Waals surface area contributed by atoms with Crippen molar-refractivity contribution in [2.75, 3.05) is 25.4 Å². The first-order valence-electron chi connectivity index (χ1n) is 5.10. The van der Waals surface area contributed by atoms with Crippen LogP contribution in [0.25, 0.3) is 0 Å². The van der Waals surface area contributed by atoms with E-state index in [9.17, 15) is 4.21 Å². The number of rotatable bonds is 2. The molecule has 1 atom stereocenters. The maximum absolute atomic E-state index is 11.7. The van der Waals surface area contributed by atoms with E-state index in [0.29, 0.717) is 0 Å². The molecule has 0 aromatic carbocycles. The minimum absolute atomic E-state index is 0. The molecule has 0 radical (unpaired) electrons. The molecule has 0 aromatic rings. The van der Waals surface area contributed by atoms with Gasteiger partial charge in [0.05, 0.1) is 4.75 Å². The highest BCUT2D eigenvalue weighted by Gasteiger charge is 2.34. The molecule has 0 aliphatic carbocycles. The summed E-state index contributed by atoms with van der Waals surface area (Å²) in [4.78, 5) is 2.32. The molecule has 1 unspecified atom stereocenters. The van der Waals surface area contributed by atoms with Crippen LogP contribution in [0.15, 0.2) is 0 Å². The van der Waals surface area contributed by atoms with Gasteiger partial charge >= 0.3 is 0 Å². The van der Waals surface area contributed by atoms with Crippen LogP contribution >= 0.6 is 12.4 Å². The van der Waals surface area contributed by atoms with Crippen LogP contribution < -0.4 is 5.73 Å². The van der Waals surface area contributed by atoms with Crippen molar-refractivity contribution in [2.24, 2.45) is 5.73 Å². The third-order valence-electron chi connectivity index (χ3n) is 2.44. The summed E-state index contributed by atoms with van der Waals surface area (Å²) in [5.41, 5.74) is 5.81. The fourth-order valence-corrected chi connectivity index (χ4v) is 3.19. The van der Waals surface area contributed by atoms with Crippen molar-refractivity contribution < 1.29 is 4.21 Å². The van der Waals surface area contributed by atoms with Crippen molar-refractivity contribution >= 4 is 23.2 Å². The molecule has 92 valence electrons. The molecule has 1 aliphatic heterocycles. The lowest BCUT2D eigenvalue weighted by atomic mass is 10.1. The highest BCUT2D eigenvalue weighted by molar-refractivity contribution is 7.86. The van der Waals surface area contributed by atoms with Gasteiger partial charge in [-0.25, -0.2) is 0 Å². The molecule has 0 bridgehead atoms. The number of hydrogen-bond donors (Lipinski definition) is 1. The van der Waals surface area contributed by atoms with Gasteiger partial charge in [0.2, 0.25) is 0 Å². The molecule has 0 saturated carbocycles. The van der Waals surface area contributed by atoms with E-state index in [1.54, 1.807) is 0 Å². The lowest BCUT2D eigenvalue weighted by molar-refractivity contribution is 0.213. The van der Waals surface area contributed by atoms with E-state index >= 15 is 0 Å². The van der Waals surface area contributed by atoms with Gasteiger partial charge in [-0.2, -0.15) is 0 Å². The SMILES string of the molecule is CC(C)(N)CN1CCS(=O)C(C)(C)C1.Cl. The zero-order valence-corrected chi connectivity index (χ0v) is 11.7. The number of nitrogens with two attached hydrogens (primary N) is 1. The average molecular weight is 255 g/mol. The molecule has 2 N–H and O–H groups in total. The number of hydrogen-bond acceptors (Lipinski definition) is 3. The highest BCUT2D eigenvalue weighted by atomic mass is 35.5.